The average molecular weight is 281 g/mol. The molecule has 1 rings (SSSR count). The van der Waals surface area contributed by atoms with E-state index in [2.05, 4.69) is 48.4 Å². The number of hydrogen-bond donors (Lipinski definition) is 0. The number of aliphatic imine (C=N–C) groups is 1. The number of ether oxygens (including phenoxy) is 1. The van der Waals surface area contributed by atoms with Gasteiger partial charge in [0.1, 0.15) is 6.61 Å². The molecule has 0 aromatic carbocycles. The Bertz CT molecular complexity index is 183. The fraction of sp³-hybridized carbons (Fsp3) is 0.889. The van der Waals surface area contributed by atoms with Crippen molar-refractivity contribution in [3.05, 3.63) is 0 Å². The fourth-order valence-electron chi connectivity index (χ4n) is 1.10. The first kappa shape index (κ1) is 10.3. The van der Waals surface area contributed by atoms with Crippen molar-refractivity contribution in [2.24, 2.45) is 10.4 Å². The van der Waals surface area contributed by atoms with Crippen molar-refractivity contribution in [3.8, 4) is 0 Å². The number of halogens is 1. The zero-order valence-electron chi connectivity index (χ0n) is 7.93. The standard InChI is InChI=1S/C9H16INO/c1-9(2,3)8-11-7(4-5-10)6-12-8/h7H,4-6H2,1-3H3/t7-/m0/s1. The van der Waals surface area contributed by atoms with Crippen molar-refractivity contribution in [2.45, 2.75) is 33.2 Å². The molecule has 70 valence electrons. The number of hydrogen-bond acceptors (Lipinski definition) is 2. The third kappa shape index (κ3) is 2.61. The van der Waals surface area contributed by atoms with Gasteiger partial charge in [0.05, 0.1) is 6.04 Å². The highest BCUT2D eigenvalue weighted by molar-refractivity contribution is 14.1. The molecule has 0 fully saturated rings. The summed E-state index contributed by atoms with van der Waals surface area (Å²) in [5.41, 5.74) is 0.0834. The zero-order chi connectivity index (χ0) is 9.19. The summed E-state index contributed by atoms with van der Waals surface area (Å²) in [5.74, 6) is 0.928. The Labute approximate surface area is 87.9 Å². The summed E-state index contributed by atoms with van der Waals surface area (Å²) in [5, 5.41) is 0. The van der Waals surface area contributed by atoms with E-state index in [0.717, 1.165) is 23.4 Å². The molecule has 1 heterocycles. The molecule has 0 amide bonds. The largest absolute Gasteiger partial charge is 0.478 e. The minimum atomic E-state index is 0.0834. The molecule has 3 heteroatoms. The molecule has 0 unspecified atom stereocenters. The highest BCUT2D eigenvalue weighted by atomic mass is 127. The first-order valence-electron chi connectivity index (χ1n) is 4.31. The Balaban J connectivity index is 2.54. The van der Waals surface area contributed by atoms with Crippen LogP contribution in [0, 0.1) is 5.41 Å². The van der Waals surface area contributed by atoms with Gasteiger partial charge < -0.3 is 4.74 Å². The number of nitrogens with zero attached hydrogens (tertiary/aromatic N) is 1. The lowest BCUT2D eigenvalue weighted by Gasteiger charge is -2.16. The average Bonchev–Trinajstić information content (AvgIpc) is 2.35. The number of rotatable bonds is 2. The minimum absolute atomic E-state index is 0.0834. The van der Waals surface area contributed by atoms with Crippen LogP contribution in [0.1, 0.15) is 27.2 Å². The van der Waals surface area contributed by atoms with E-state index in [1.54, 1.807) is 0 Å². The lowest BCUT2D eigenvalue weighted by Crippen LogP contribution is -2.20. The van der Waals surface area contributed by atoms with Gasteiger partial charge in [0.2, 0.25) is 0 Å². The van der Waals surface area contributed by atoms with E-state index in [1.807, 2.05) is 0 Å². The molecule has 0 bridgehead atoms. The molecule has 1 aliphatic heterocycles. The molecule has 0 N–H and O–H groups in total. The van der Waals surface area contributed by atoms with E-state index in [9.17, 15) is 0 Å². The molecule has 12 heavy (non-hydrogen) atoms. The van der Waals surface area contributed by atoms with Crippen LogP contribution in [0.4, 0.5) is 0 Å². The molecule has 0 saturated heterocycles. The topological polar surface area (TPSA) is 21.6 Å². The van der Waals surface area contributed by atoms with Gasteiger partial charge >= 0.3 is 0 Å². The van der Waals surface area contributed by atoms with Crippen molar-refractivity contribution in [3.63, 3.8) is 0 Å². The molecule has 1 atom stereocenters. The quantitative estimate of drug-likeness (QED) is 0.563. The van der Waals surface area contributed by atoms with E-state index in [-0.39, 0.29) is 5.41 Å². The summed E-state index contributed by atoms with van der Waals surface area (Å²) in [6.07, 6.45) is 1.14. The van der Waals surface area contributed by atoms with Crippen LogP contribution in [-0.2, 0) is 4.74 Å². The summed E-state index contributed by atoms with van der Waals surface area (Å²) in [7, 11) is 0. The van der Waals surface area contributed by atoms with Crippen molar-refractivity contribution in [2.75, 3.05) is 11.0 Å². The lowest BCUT2D eigenvalue weighted by atomic mass is 9.97. The Kier molecular flexibility index (Phi) is 3.37. The molecule has 0 spiro atoms. The van der Waals surface area contributed by atoms with Crippen LogP contribution >= 0.6 is 22.6 Å². The van der Waals surface area contributed by atoms with Crippen LogP contribution in [-0.4, -0.2) is 23.0 Å². The molecule has 1 aliphatic rings. The van der Waals surface area contributed by atoms with E-state index >= 15 is 0 Å². The maximum atomic E-state index is 5.53. The molecular formula is C9H16INO. The van der Waals surface area contributed by atoms with Crippen LogP contribution < -0.4 is 0 Å². The van der Waals surface area contributed by atoms with Crippen LogP contribution in [0.2, 0.25) is 0 Å². The maximum Gasteiger partial charge on any atom is 0.189 e. The smallest absolute Gasteiger partial charge is 0.189 e. The summed E-state index contributed by atoms with van der Waals surface area (Å²) in [6.45, 7) is 7.20. The SMILES string of the molecule is CC(C)(C)C1=N[C@@H](CCI)CO1. The van der Waals surface area contributed by atoms with E-state index in [4.69, 9.17) is 4.74 Å². The first-order valence-corrected chi connectivity index (χ1v) is 5.83. The molecule has 0 aromatic heterocycles. The summed E-state index contributed by atoms with van der Waals surface area (Å²) < 4.78 is 6.69. The van der Waals surface area contributed by atoms with Crippen LogP contribution in [0.25, 0.3) is 0 Å². The normalized spacial score (nSPS) is 23.7. The first-order chi connectivity index (χ1) is 5.54. The molecule has 0 aromatic rings. The predicted molar refractivity (Wildman–Crippen MR) is 60.1 cm³/mol. The van der Waals surface area contributed by atoms with Gasteiger partial charge in [-0.15, -0.1) is 0 Å². The highest BCUT2D eigenvalue weighted by Crippen LogP contribution is 2.23. The Morgan fingerprint density at radius 1 is 1.58 bits per heavy atom. The summed E-state index contributed by atoms with van der Waals surface area (Å²) in [4.78, 5) is 4.54. The van der Waals surface area contributed by atoms with Gasteiger partial charge in [-0.1, -0.05) is 43.4 Å². The molecule has 2 nitrogen and oxygen atoms in total. The van der Waals surface area contributed by atoms with Gasteiger partial charge in [0.15, 0.2) is 5.90 Å². The summed E-state index contributed by atoms with van der Waals surface area (Å²) in [6, 6.07) is 0.413. The second-order valence-corrected chi connectivity index (χ2v) is 5.21. The van der Waals surface area contributed by atoms with Crippen molar-refractivity contribution < 1.29 is 4.74 Å². The second-order valence-electron chi connectivity index (χ2n) is 4.13. The lowest BCUT2D eigenvalue weighted by molar-refractivity contribution is 0.281. The summed E-state index contributed by atoms with van der Waals surface area (Å²) >= 11 is 2.38. The fourth-order valence-corrected chi connectivity index (χ4v) is 1.82. The van der Waals surface area contributed by atoms with Gasteiger partial charge in [0.25, 0.3) is 0 Å². The van der Waals surface area contributed by atoms with E-state index in [0.29, 0.717) is 6.04 Å². The minimum Gasteiger partial charge on any atom is -0.478 e. The Morgan fingerprint density at radius 2 is 2.25 bits per heavy atom. The van der Waals surface area contributed by atoms with Crippen molar-refractivity contribution in [1.82, 2.24) is 0 Å². The molecule has 0 aliphatic carbocycles. The zero-order valence-corrected chi connectivity index (χ0v) is 10.1. The van der Waals surface area contributed by atoms with Gasteiger partial charge in [-0.25, -0.2) is 4.99 Å². The van der Waals surface area contributed by atoms with Gasteiger partial charge in [-0.2, -0.15) is 0 Å². The molecular weight excluding hydrogens is 265 g/mol. The predicted octanol–water partition coefficient (Wildman–Crippen LogP) is 2.65. The number of alkyl halides is 1. The van der Waals surface area contributed by atoms with Crippen LogP contribution in [0.3, 0.4) is 0 Å². The highest BCUT2D eigenvalue weighted by Gasteiger charge is 2.27. The van der Waals surface area contributed by atoms with Crippen molar-refractivity contribution in [1.29, 1.82) is 0 Å². The second kappa shape index (κ2) is 3.94. The van der Waals surface area contributed by atoms with E-state index < -0.39 is 0 Å². The van der Waals surface area contributed by atoms with Gasteiger partial charge in [-0.05, 0) is 6.42 Å². The molecule has 0 saturated carbocycles. The van der Waals surface area contributed by atoms with Crippen LogP contribution in [0.5, 0.6) is 0 Å². The van der Waals surface area contributed by atoms with Gasteiger partial charge in [-0.3, -0.25) is 0 Å². The van der Waals surface area contributed by atoms with E-state index in [1.165, 1.54) is 0 Å². The third-order valence-corrected chi connectivity index (χ3v) is 2.42. The monoisotopic (exact) mass is 281 g/mol. The Morgan fingerprint density at radius 3 is 2.67 bits per heavy atom. The van der Waals surface area contributed by atoms with Crippen molar-refractivity contribution >= 4 is 28.5 Å². The maximum absolute atomic E-state index is 5.53. The van der Waals surface area contributed by atoms with Gasteiger partial charge in [0, 0.05) is 9.84 Å². The molecule has 0 radical (unpaired) electrons. The third-order valence-electron chi connectivity index (χ3n) is 1.80. The Hall–Kier alpha value is 0.200. The van der Waals surface area contributed by atoms with Crippen LogP contribution in [0.15, 0.2) is 4.99 Å².